The van der Waals surface area contributed by atoms with E-state index in [0.29, 0.717) is 30.0 Å². The van der Waals surface area contributed by atoms with Crippen LogP contribution in [0.5, 0.6) is 11.5 Å². The lowest BCUT2D eigenvalue weighted by Gasteiger charge is -2.24. The summed E-state index contributed by atoms with van der Waals surface area (Å²) in [4.78, 5) is 0. The molecule has 0 saturated carbocycles. The normalized spacial score (nSPS) is 25.4. The van der Waals surface area contributed by atoms with Crippen molar-refractivity contribution in [3.8, 4) is 11.5 Å². The summed E-state index contributed by atoms with van der Waals surface area (Å²) >= 11 is 6.21. The fraction of sp³-hybridized carbons (Fsp3) is 0.571. The minimum atomic E-state index is -0.612. The molecule has 1 fully saturated rings. The average Bonchev–Trinajstić information content (AvgIpc) is 2.47. The van der Waals surface area contributed by atoms with Gasteiger partial charge in [-0.15, -0.1) is 0 Å². The van der Waals surface area contributed by atoms with Crippen LogP contribution in [0.3, 0.4) is 0 Å². The molecule has 1 aromatic rings. The van der Waals surface area contributed by atoms with Crippen LogP contribution in [0.25, 0.3) is 0 Å². The topological polar surface area (TPSA) is 47.6 Å². The fourth-order valence-electron chi connectivity index (χ4n) is 2.53. The molecule has 2 heterocycles. The molecular weight excluding hydrogens is 298 g/mol. The van der Waals surface area contributed by atoms with Gasteiger partial charge in [0.05, 0.1) is 5.02 Å². The van der Waals surface area contributed by atoms with Crippen LogP contribution in [0.15, 0.2) is 12.1 Å². The van der Waals surface area contributed by atoms with E-state index in [2.05, 4.69) is 5.32 Å². The van der Waals surface area contributed by atoms with Crippen molar-refractivity contribution in [1.82, 2.24) is 5.32 Å². The Morgan fingerprint density at radius 2 is 2.00 bits per heavy atom. The fourth-order valence-corrected chi connectivity index (χ4v) is 4.11. The highest BCUT2D eigenvalue weighted by atomic mass is 35.5. The monoisotopic (exact) mass is 315 g/mol. The van der Waals surface area contributed by atoms with Gasteiger partial charge in [-0.3, -0.25) is 4.21 Å². The number of hydrogen-bond acceptors (Lipinski definition) is 4. The summed E-state index contributed by atoms with van der Waals surface area (Å²) in [6.45, 7) is 1.85. The molecule has 0 atom stereocenters. The van der Waals surface area contributed by atoms with Crippen molar-refractivity contribution < 1.29 is 13.7 Å². The van der Waals surface area contributed by atoms with Crippen molar-refractivity contribution in [3.05, 3.63) is 22.7 Å². The molecule has 3 rings (SSSR count). The largest absolute Gasteiger partial charge is 0.486 e. The molecular formula is C14H18ClNO3S. The van der Waals surface area contributed by atoms with Crippen molar-refractivity contribution in [3.63, 3.8) is 0 Å². The van der Waals surface area contributed by atoms with Crippen LogP contribution in [-0.4, -0.2) is 35.0 Å². The van der Waals surface area contributed by atoms with Gasteiger partial charge in [0.2, 0.25) is 0 Å². The summed E-state index contributed by atoms with van der Waals surface area (Å²) < 4.78 is 22.4. The molecule has 0 aromatic heterocycles. The lowest BCUT2D eigenvalue weighted by atomic mass is 10.1. The van der Waals surface area contributed by atoms with Crippen molar-refractivity contribution in [2.45, 2.75) is 25.4 Å². The maximum Gasteiger partial charge on any atom is 0.179 e. The van der Waals surface area contributed by atoms with Crippen molar-refractivity contribution >= 4 is 22.4 Å². The van der Waals surface area contributed by atoms with Crippen molar-refractivity contribution in [2.75, 3.05) is 24.7 Å². The summed E-state index contributed by atoms with van der Waals surface area (Å²) in [5, 5.41) is 4.10. The molecule has 6 heteroatoms. The summed E-state index contributed by atoms with van der Waals surface area (Å²) in [5.41, 5.74) is 1.09. The quantitative estimate of drug-likeness (QED) is 0.928. The third kappa shape index (κ3) is 3.27. The molecule has 2 aliphatic rings. The van der Waals surface area contributed by atoms with Gasteiger partial charge in [-0.05, 0) is 30.5 Å². The van der Waals surface area contributed by atoms with E-state index in [-0.39, 0.29) is 0 Å². The summed E-state index contributed by atoms with van der Waals surface area (Å²) in [6, 6.07) is 4.34. The molecule has 0 spiro atoms. The van der Waals surface area contributed by atoms with Gasteiger partial charge in [-0.1, -0.05) is 11.6 Å². The Hall–Kier alpha value is -0.780. The van der Waals surface area contributed by atoms with E-state index in [4.69, 9.17) is 21.1 Å². The Bertz CT molecular complexity index is 513. The molecule has 0 amide bonds. The number of nitrogens with one attached hydrogen (secondary N) is 1. The maximum absolute atomic E-state index is 11.3. The first-order valence-corrected chi connectivity index (χ1v) is 8.75. The number of fused-ring (bicyclic) bond motifs is 1. The van der Waals surface area contributed by atoms with Crippen LogP contribution in [0.1, 0.15) is 18.4 Å². The minimum absolute atomic E-state index is 0.444. The van der Waals surface area contributed by atoms with E-state index in [1.165, 1.54) is 0 Å². The molecule has 0 aliphatic carbocycles. The van der Waals surface area contributed by atoms with Crippen molar-refractivity contribution in [2.24, 2.45) is 0 Å². The number of hydrogen-bond donors (Lipinski definition) is 1. The van der Waals surface area contributed by atoms with E-state index in [9.17, 15) is 4.21 Å². The van der Waals surface area contributed by atoms with Crippen LogP contribution in [0.2, 0.25) is 5.02 Å². The first-order chi connectivity index (χ1) is 9.72. The van der Waals surface area contributed by atoms with Gasteiger partial charge in [0.15, 0.2) is 11.5 Å². The standard InChI is InChI=1S/C14H18ClNO3S/c15-12-7-10(8-13-14(12)19-4-3-18-13)9-16-11-1-5-20(17)6-2-11/h7-8,11,16H,1-6,9H2. The SMILES string of the molecule is O=S1CCC(NCc2cc(Cl)c3c(c2)OCCO3)CC1. The zero-order chi connectivity index (χ0) is 13.9. The number of benzene rings is 1. The number of halogens is 1. The van der Waals surface area contributed by atoms with E-state index in [1.54, 1.807) is 0 Å². The molecule has 110 valence electrons. The van der Waals surface area contributed by atoms with E-state index in [1.807, 2.05) is 12.1 Å². The minimum Gasteiger partial charge on any atom is -0.486 e. The zero-order valence-electron chi connectivity index (χ0n) is 11.2. The second-order valence-corrected chi connectivity index (χ2v) is 7.21. The highest BCUT2D eigenvalue weighted by Gasteiger charge is 2.19. The number of rotatable bonds is 3. The molecule has 20 heavy (non-hydrogen) atoms. The Labute approximate surface area is 126 Å². The smallest absolute Gasteiger partial charge is 0.179 e. The van der Waals surface area contributed by atoms with E-state index in [0.717, 1.165) is 42.2 Å². The lowest BCUT2D eigenvalue weighted by molar-refractivity contribution is 0.171. The second-order valence-electron chi connectivity index (χ2n) is 5.11. The average molecular weight is 316 g/mol. The van der Waals surface area contributed by atoms with Gasteiger partial charge in [0, 0.05) is 34.9 Å². The molecule has 1 saturated heterocycles. The Morgan fingerprint density at radius 1 is 1.25 bits per heavy atom. The molecule has 0 bridgehead atoms. The first kappa shape index (κ1) is 14.2. The zero-order valence-corrected chi connectivity index (χ0v) is 12.8. The second kappa shape index (κ2) is 6.33. The molecule has 0 radical (unpaired) electrons. The highest BCUT2D eigenvalue weighted by molar-refractivity contribution is 7.85. The molecule has 4 nitrogen and oxygen atoms in total. The van der Waals surface area contributed by atoms with Gasteiger partial charge < -0.3 is 14.8 Å². The first-order valence-electron chi connectivity index (χ1n) is 6.89. The maximum atomic E-state index is 11.3. The van der Waals surface area contributed by atoms with Crippen LogP contribution >= 0.6 is 11.6 Å². The Morgan fingerprint density at radius 3 is 2.80 bits per heavy atom. The van der Waals surface area contributed by atoms with Crippen LogP contribution < -0.4 is 14.8 Å². The molecule has 1 aromatic carbocycles. The van der Waals surface area contributed by atoms with Crippen LogP contribution in [-0.2, 0) is 17.3 Å². The van der Waals surface area contributed by atoms with Crippen molar-refractivity contribution in [1.29, 1.82) is 0 Å². The summed E-state index contributed by atoms with van der Waals surface area (Å²) in [6.07, 6.45) is 1.95. The van der Waals surface area contributed by atoms with E-state index >= 15 is 0 Å². The van der Waals surface area contributed by atoms with Crippen LogP contribution in [0, 0.1) is 0 Å². The lowest BCUT2D eigenvalue weighted by Crippen LogP contribution is -2.35. The third-order valence-electron chi connectivity index (χ3n) is 3.64. The number of ether oxygens (including phenoxy) is 2. The summed E-state index contributed by atoms with van der Waals surface area (Å²) in [7, 11) is -0.612. The summed E-state index contributed by atoms with van der Waals surface area (Å²) in [5.74, 6) is 2.99. The molecule has 2 aliphatic heterocycles. The van der Waals surface area contributed by atoms with Gasteiger partial charge in [0.25, 0.3) is 0 Å². The highest BCUT2D eigenvalue weighted by Crippen LogP contribution is 2.38. The predicted molar refractivity (Wildman–Crippen MR) is 80.2 cm³/mol. The molecule has 0 unspecified atom stereocenters. The van der Waals surface area contributed by atoms with E-state index < -0.39 is 10.8 Å². The Balaban J connectivity index is 1.63. The van der Waals surface area contributed by atoms with Crippen LogP contribution in [0.4, 0.5) is 0 Å². The predicted octanol–water partition coefficient (Wildman–Crippen LogP) is 2.11. The molecule has 1 N–H and O–H groups in total. The van der Waals surface area contributed by atoms with Gasteiger partial charge >= 0.3 is 0 Å². The van der Waals surface area contributed by atoms with Gasteiger partial charge in [-0.25, -0.2) is 0 Å². The van der Waals surface area contributed by atoms with Gasteiger partial charge in [0.1, 0.15) is 13.2 Å². The van der Waals surface area contributed by atoms with Gasteiger partial charge in [-0.2, -0.15) is 0 Å². The Kier molecular flexibility index (Phi) is 4.48. The third-order valence-corrected chi connectivity index (χ3v) is 5.30.